The second kappa shape index (κ2) is 12.6. The lowest BCUT2D eigenvalue weighted by atomic mass is 10.1. The molecule has 204 valence electrons. The molecule has 0 fully saturated rings. The van der Waals surface area contributed by atoms with Crippen molar-refractivity contribution in [3.05, 3.63) is 127 Å². The number of carbonyl (C=O) groups is 1. The number of amidine groups is 1. The summed E-state index contributed by atoms with van der Waals surface area (Å²) in [7, 11) is -3.41. The van der Waals surface area contributed by atoms with Crippen LogP contribution in [0.4, 0.5) is 16.2 Å². The minimum Gasteiger partial charge on any atom is -0.380 e. The predicted octanol–water partition coefficient (Wildman–Crippen LogP) is 5.60. The van der Waals surface area contributed by atoms with Crippen LogP contribution in [0.3, 0.4) is 0 Å². The average Bonchev–Trinajstić information content (AvgIpc) is 2.96. The highest BCUT2D eigenvalue weighted by Gasteiger charge is 2.17. The highest BCUT2D eigenvalue weighted by Crippen LogP contribution is 2.28. The van der Waals surface area contributed by atoms with E-state index in [0.717, 1.165) is 17.4 Å². The summed E-state index contributed by atoms with van der Waals surface area (Å²) < 4.78 is 24.5. The van der Waals surface area contributed by atoms with Crippen molar-refractivity contribution < 1.29 is 18.0 Å². The summed E-state index contributed by atoms with van der Waals surface area (Å²) in [6, 6.07) is 30.0. The maximum atomic E-state index is 13.4. The van der Waals surface area contributed by atoms with E-state index in [1.165, 1.54) is 11.3 Å². The SMILES string of the molecule is C=CO/N=C(\N)c1cccc(NN(Cc2ccccc2)C(=O)Nc2ccc(-c3ccccc3S(C)(=O)=O)cc2)c1. The minimum atomic E-state index is -3.41. The van der Waals surface area contributed by atoms with Gasteiger partial charge in [0.2, 0.25) is 0 Å². The van der Waals surface area contributed by atoms with Gasteiger partial charge in [-0.3, -0.25) is 5.43 Å². The fourth-order valence-electron chi connectivity index (χ4n) is 3.93. The number of amides is 2. The fourth-order valence-corrected chi connectivity index (χ4v) is 4.84. The maximum absolute atomic E-state index is 13.4. The Hall–Kier alpha value is -5.09. The molecule has 4 aromatic rings. The van der Waals surface area contributed by atoms with Crippen LogP contribution in [0.2, 0.25) is 0 Å². The largest absolute Gasteiger partial charge is 0.380 e. The monoisotopic (exact) mass is 555 g/mol. The molecule has 4 rings (SSSR count). The van der Waals surface area contributed by atoms with Crippen LogP contribution in [0.15, 0.2) is 126 Å². The number of nitrogens with one attached hydrogen (secondary N) is 2. The number of rotatable bonds is 10. The van der Waals surface area contributed by atoms with E-state index in [1.54, 1.807) is 72.8 Å². The van der Waals surface area contributed by atoms with E-state index in [0.29, 0.717) is 22.5 Å². The van der Waals surface area contributed by atoms with Gasteiger partial charge in [-0.1, -0.05) is 84.5 Å². The first-order valence-electron chi connectivity index (χ1n) is 12.2. The molecule has 0 saturated heterocycles. The van der Waals surface area contributed by atoms with Crippen molar-refractivity contribution in [1.82, 2.24) is 5.01 Å². The van der Waals surface area contributed by atoms with Gasteiger partial charge in [0, 0.05) is 23.1 Å². The summed E-state index contributed by atoms with van der Waals surface area (Å²) in [5.74, 6) is 0.153. The van der Waals surface area contributed by atoms with E-state index in [-0.39, 0.29) is 17.3 Å². The number of urea groups is 1. The van der Waals surface area contributed by atoms with Gasteiger partial charge in [0.05, 0.1) is 17.1 Å². The zero-order chi connectivity index (χ0) is 28.5. The number of nitrogens with zero attached hydrogens (tertiary/aromatic N) is 2. The van der Waals surface area contributed by atoms with E-state index in [2.05, 4.69) is 22.5 Å². The first kappa shape index (κ1) is 27.9. The summed E-state index contributed by atoms with van der Waals surface area (Å²) in [4.78, 5) is 18.5. The van der Waals surface area contributed by atoms with E-state index < -0.39 is 15.9 Å². The van der Waals surface area contributed by atoms with Crippen LogP contribution in [0.5, 0.6) is 0 Å². The van der Waals surface area contributed by atoms with Gasteiger partial charge in [-0.2, -0.15) is 0 Å². The normalized spacial score (nSPS) is 11.4. The molecular weight excluding hydrogens is 526 g/mol. The quantitative estimate of drug-likeness (QED) is 0.101. The molecule has 0 atom stereocenters. The topological polar surface area (TPSA) is 126 Å². The fraction of sp³-hybridized carbons (Fsp3) is 0.0667. The smallest absolute Gasteiger partial charge is 0.340 e. The lowest BCUT2D eigenvalue weighted by Crippen LogP contribution is -2.39. The summed E-state index contributed by atoms with van der Waals surface area (Å²) in [6.07, 6.45) is 2.35. The zero-order valence-electron chi connectivity index (χ0n) is 21.8. The lowest BCUT2D eigenvalue weighted by Gasteiger charge is -2.25. The molecule has 40 heavy (non-hydrogen) atoms. The molecule has 0 aliphatic rings. The Morgan fingerprint density at radius 3 is 2.35 bits per heavy atom. The first-order chi connectivity index (χ1) is 19.2. The highest BCUT2D eigenvalue weighted by molar-refractivity contribution is 7.90. The Bertz CT molecular complexity index is 1620. The van der Waals surface area contributed by atoms with Gasteiger partial charge in [0.1, 0.15) is 6.26 Å². The summed E-state index contributed by atoms with van der Waals surface area (Å²) in [5, 5.41) is 8.10. The molecule has 0 saturated carbocycles. The molecule has 0 spiro atoms. The zero-order valence-corrected chi connectivity index (χ0v) is 22.6. The number of hydrazine groups is 1. The van der Waals surface area contributed by atoms with Crippen LogP contribution in [0.1, 0.15) is 11.1 Å². The van der Waals surface area contributed by atoms with Gasteiger partial charge in [-0.15, -0.1) is 0 Å². The van der Waals surface area contributed by atoms with Crippen molar-refractivity contribution in [1.29, 1.82) is 0 Å². The van der Waals surface area contributed by atoms with Crippen LogP contribution < -0.4 is 16.5 Å². The number of hydrogen-bond acceptors (Lipinski definition) is 6. The number of carbonyl (C=O) groups excluding carboxylic acids is 1. The molecule has 0 radical (unpaired) electrons. The van der Waals surface area contributed by atoms with Gasteiger partial charge < -0.3 is 15.9 Å². The number of hydrogen-bond donors (Lipinski definition) is 3. The van der Waals surface area contributed by atoms with E-state index in [9.17, 15) is 13.2 Å². The third-order valence-electron chi connectivity index (χ3n) is 5.81. The molecule has 4 N–H and O–H groups in total. The number of nitrogens with two attached hydrogens (primary N) is 1. The van der Waals surface area contributed by atoms with Crippen molar-refractivity contribution >= 4 is 33.1 Å². The van der Waals surface area contributed by atoms with Crippen molar-refractivity contribution in [3.63, 3.8) is 0 Å². The average molecular weight is 556 g/mol. The van der Waals surface area contributed by atoms with Crippen LogP contribution in [-0.4, -0.2) is 31.5 Å². The Morgan fingerprint density at radius 1 is 0.950 bits per heavy atom. The van der Waals surface area contributed by atoms with Crippen molar-refractivity contribution in [2.24, 2.45) is 10.9 Å². The minimum absolute atomic E-state index is 0.153. The molecule has 2 amide bonds. The number of anilines is 2. The molecule has 0 aliphatic heterocycles. The number of oxime groups is 1. The second-order valence-electron chi connectivity index (χ2n) is 8.79. The van der Waals surface area contributed by atoms with Crippen LogP contribution in [-0.2, 0) is 21.2 Å². The first-order valence-corrected chi connectivity index (χ1v) is 14.1. The van der Waals surface area contributed by atoms with E-state index in [1.807, 2.05) is 30.3 Å². The van der Waals surface area contributed by atoms with E-state index >= 15 is 0 Å². The van der Waals surface area contributed by atoms with Crippen molar-refractivity contribution in [2.45, 2.75) is 11.4 Å². The second-order valence-corrected chi connectivity index (χ2v) is 10.8. The summed E-state index contributed by atoms with van der Waals surface area (Å²) in [6.45, 7) is 3.70. The van der Waals surface area contributed by atoms with Gasteiger partial charge in [-0.25, -0.2) is 18.2 Å². The van der Waals surface area contributed by atoms with Crippen LogP contribution in [0, 0.1) is 0 Å². The van der Waals surface area contributed by atoms with E-state index in [4.69, 9.17) is 10.6 Å². The van der Waals surface area contributed by atoms with Crippen LogP contribution >= 0.6 is 0 Å². The summed E-state index contributed by atoms with van der Waals surface area (Å²) in [5.41, 5.74) is 13.1. The Morgan fingerprint density at radius 2 is 1.65 bits per heavy atom. The highest BCUT2D eigenvalue weighted by atomic mass is 32.2. The molecule has 0 heterocycles. The predicted molar refractivity (Wildman–Crippen MR) is 158 cm³/mol. The third kappa shape index (κ3) is 7.27. The standard InChI is InChI=1S/C30H29N5O4S/c1-3-39-34-29(31)24-12-9-13-26(20-24)33-35(21-22-10-5-4-6-11-22)30(36)32-25-18-16-23(17-19-25)27-14-7-8-15-28(27)40(2,37)38/h3-20,33H,1,21H2,2H3,(H2,31,34)(H,32,36). The molecule has 0 aliphatic carbocycles. The van der Waals surface area contributed by atoms with Gasteiger partial charge >= 0.3 is 6.03 Å². The Balaban J connectivity index is 1.56. The molecule has 10 heteroatoms. The molecule has 0 bridgehead atoms. The third-order valence-corrected chi connectivity index (χ3v) is 6.97. The maximum Gasteiger partial charge on any atom is 0.340 e. The molecular formula is C30H29N5O4S. The lowest BCUT2D eigenvalue weighted by molar-refractivity contribution is 0.220. The van der Waals surface area contributed by atoms with Crippen LogP contribution in [0.25, 0.3) is 11.1 Å². The number of sulfone groups is 1. The molecule has 0 aromatic heterocycles. The van der Waals surface area contributed by atoms with Gasteiger partial charge in [0.25, 0.3) is 0 Å². The van der Waals surface area contributed by atoms with Crippen molar-refractivity contribution in [3.8, 4) is 11.1 Å². The molecule has 9 nitrogen and oxygen atoms in total. The van der Waals surface area contributed by atoms with Gasteiger partial charge in [0.15, 0.2) is 15.7 Å². The molecule has 0 unspecified atom stereocenters. The molecule has 4 aromatic carbocycles. The Labute approximate surface area is 233 Å². The summed E-state index contributed by atoms with van der Waals surface area (Å²) >= 11 is 0. The Kier molecular flexibility index (Phi) is 8.82. The number of benzene rings is 4. The van der Waals surface area contributed by atoms with Gasteiger partial charge in [-0.05, 0) is 41.5 Å². The van der Waals surface area contributed by atoms with Crippen molar-refractivity contribution in [2.75, 3.05) is 17.0 Å².